The van der Waals surface area contributed by atoms with Gasteiger partial charge in [-0.25, -0.2) is 0 Å². The first-order chi connectivity index (χ1) is 6.72. The van der Waals surface area contributed by atoms with Crippen molar-refractivity contribution < 1.29 is 9.47 Å². The summed E-state index contributed by atoms with van der Waals surface area (Å²) in [4.78, 5) is 2.38. The van der Waals surface area contributed by atoms with Gasteiger partial charge in [0.1, 0.15) is 0 Å². The highest BCUT2D eigenvalue weighted by Crippen LogP contribution is 1.97. The van der Waals surface area contributed by atoms with Gasteiger partial charge in [0, 0.05) is 32.3 Å². The molecule has 0 aromatic heterocycles. The van der Waals surface area contributed by atoms with Crippen molar-refractivity contribution >= 4 is 0 Å². The summed E-state index contributed by atoms with van der Waals surface area (Å²) < 4.78 is 10.7. The Morgan fingerprint density at radius 2 is 1.36 bits per heavy atom. The molecule has 0 radical (unpaired) electrons. The number of hydrogen-bond acceptors (Lipinski definition) is 3. The topological polar surface area (TPSA) is 21.7 Å². The standard InChI is InChI=1S/C11H25NO2/c1-5-13-9-7-12(11(3)4)8-10-14-6-2/h11H,5-10H2,1-4H3. The van der Waals surface area contributed by atoms with E-state index in [0.29, 0.717) is 6.04 Å². The summed E-state index contributed by atoms with van der Waals surface area (Å²) in [6.45, 7) is 13.7. The van der Waals surface area contributed by atoms with Crippen molar-refractivity contribution in [2.24, 2.45) is 0 Å². The lowest BCUT2D eigenvalue weighted by Gasteiger charge is -2.25. The monoisotopic (exact) mass is 203 g/mol. The summed E-state index contributed by atoms with van der Waals surface area (Å²) in [6, 6.07) is 0.566. The van der Waals surface area contributed by atoms with Gasteiger partial charge < -0.3 is 9.47 Å². The molecule has 0 aliphatic heterocycles. The quantitative estimate of drug-likeness (QED) is 0.533. The van der Waals surface area contributed by atoms with Crippen molar-refractivity contribution in [3.05, 3.63) is 0 Å². The van der Waals surface area contributed by atoms with Gasteiger partial charge in [-0.1, -0.05) is 0 Å². The van der Waals surface area contributed by atoms with Gasteiger partial charge in [-0.05, 0) is 27.7 Å². The fourth-order valence-corrected chi connectivity index (χ4v) is 1.28. The van der Waals surface area contributed by atoms with Gasteiger partial charge in [0.2, 0.25) is 0 Å². The lowest BCUT2D eigenvalue weighted by atomic mass is 10.3. The van der Waals surface area contributed by atoms with Gasteiger partial charge >= 0.3 is 0 Å². The Bertz CT molecular complexity index is 108. The van der Waals surface area contributed by atoms with E-state index in [0.717, 1.165) is 39.5 Å². The zero-order chi connectivity index (χ0) is 10.8. The lowest BCUT2D eigenvalue weighted by Crippen LogP contribution is -2.36. The zero-order valence-corrected chi connectivity index (χ0v) is 10.1. The van der Waals surface area contributed by atoms with E-state index in [1.165, 1.54) is 0 Å². The van der Waals surface area contributed by atoms with Crippen LogP contribution in [0, 0.1) is 0 Å². The van der Waals surface area contributed by atoms with E-state index in [-0.39, 0.29) is 0 Å². The molecule has 0 fully saturated rings. The van der Waals surface area contributed by atoms with Crippen LogP contribution in [0.15, 0.2) is 0 Å². The predicted molar refractivity (Wildman–Crippen MR) is 59.7 cm³/mol. The van der Waals surface area contributed by atoms with Crippen LogP contribution in [0.3, 0.4) is 0 Å². The van der Waals surface area contributed by atoms with Gasteiger partial charge in [0.05, 0.1) is 13.2 Å². The molecule has 0 amide bonds. The molecule has 86 valence electrons. The smallest absolute Gasteiger partial charge is 0.0593 e. The highest BCUT2D eigenvalue weighted by Gasteiger charge is 2.08. The summed E-state index contributed by atoms with van der Waals surface area (Å²) in [5.74, 6) is 0. The van der Waals surface area contributed by atoms with Crippen molar-refractivity contribution in [1.29, 1.82) is 0 Å². The summed E-state index contributed by atoms with van der Waals surface area (Å²) in [6.07, 6.45) is 0. The van der Waals surface area contributed by atoms with Crippen molar-refractivity contribution in [2.45, 2.75) is 33.7 Å². The second-order valence-corrected chi connectivity index (χ2v) is 3.52. The molecule has 0 bridgehead atoms. The normalized spacial score (nSPS) is 11.6. The molecule has 0 unspecified atom stereocenters. The fraction of sp³-hybridized carbons (Fsp3) is 1.00. The largest absolute Gasteiger partial charge is 0.380 e. The third-order valence-electron chi connectivity index (χ3n) is 2.18. The molecule has 0 heterocycles. The molecule has 0 N–H and O–H groups in total. The first kappa shape index (κ1) is 13.9. The molecule has 14 heavy (non-hydrogen) atoms. The maximum atomic E-state index is 5.34. The van der Waals surface area contributed by atoms with Crippen LogP contribution < -0.4 is 0 Å². The second-order valence-electron chi connectivity index (χ2n) is 3.52. The van der Waals surface area contributed by atoms with Crippen LogP contribution >= 0.6 is 0 Å². The van der Waals surface area contributed by atoms with E-state index in [9.17, 15) is 0 Å². The number of hydrogen-bond donors (Lipinski definition) is 0. The molecule has 0 rings (SSSR count). The van der Waals surface area contributed by atoms with E-state index in [4.69, 9.17) is 9.47 Å². The van der Waals surface area contributed by atoms with E-state index >= 15 is 0 Å². The van der Waals surface area contributed by atoms with Gasteiger partial charge in [-0.15, -0.1) is 0 Å². The molecule has 0 saturated carbocycles. The molecule has 0 spiro atoms. The molecular weight excluding hydrogens is 178 g/mol. The molecule has 0 aromatic rings. The molecule has 0 aromatic carbocycles. The zero-order valence-electron chi connectivity index (χ0n) is 10.1. The van der Waals surface area contributed by atoms with Crippen LogP contribution in [-0.2, 0) is 9.47 Å². The summed E-state index contributed by atoms with van der Waals surface area (Å²) >= 11 is 0. The highest BCUT2D eigenvalue weighted by atomic mass is 16.5. The molecule has 0 aliphatic carbocycles. The molecule has 3 heteroatoms. The Hall–Kier alpha value is -0.120. The van der Waals surface area contributed by atoms with Gasteiger partial charge in [-0.3, -0.25) is 4.90 Å². The van der Waals surface area contributed by atoms with E-state index in [1.807, 2.05) is 13.8 Å². The van der Waals surface area contributed by atoms with Crippen LogP contribution in [0.1, 0.15) is 27.7 Å². The minimum Gasteiger partial charge on any atom is -0.380 e. The Morgan fingerprint density at radius 3 is 1.64 bits per heavy atom. The van der Waals surface area contributed by atoms with Crippen LogP contribution in [0.4, 0.5) is 0 Å². The summed E-state index contributed by atoms with van der Waals surface area (Å²) in [5.41, 5.74) is 0. The highest BCUT2D eigenvalue weighted by molar-refractivity contribution is 4.61. The first-order valence-corrected chi connectivity index (χ1v) is 5.61. The molecule has 0 atom stereocenters. The number of ether oxygens (including phenoxy) is 2. The SMILES string of the molecule is CCOCCN(CCOCC)C(C)C. The third-order valence-corrected chi connectivity index (χ3v) is 2.18. The molecule has 0 saturated heterocycles. The van der Waals surface area contributed by atoms with E-state index in [2.05, 4.69) is 18.7 Å². The van der Waals surface area contributed by atoms with Crippen molar-refractivity contribution in [3.8, 4) is 0 Å². The number of nitrogens with zero attached hydrogens (tertiary/aromatic N) is 1. The van der Waals surface area contributed by atoms with Gasteiger partial charge in [0.15, 0.2) is 0 Å². The Morgan fingerprint density at radius 1 is 0.929 bits per heavy atom. The molecule has 3 nitrogen and oxygen atoms in total. The third kappa shape index (κ3) is 7.30. The average molecular weight is 203 g/mol. The fourth-order valence-electron chi connectivity index (χ4n) is 1.28. The van der Waals surface area contributed by atoms with Crippen molar-refractivity contribution in [1.82, 2.24) is 4.90 Å². The van der Waals surface area contributed by atoms with Gasteiger partial charge in [-0.2, -0.15) is 0 Å². The van der Waals surface area contributed by atoms with Crippen molar-refractivity contribution in [3.63, 3.8) is 0 Å². The maximum absolute atomic E-state index is 5.34. The average Bonchev–Trinajstić information content (AvgIpc) is 2.15. The van der Waals surface area contributed by atoms with Crippen LogP contribution in [-0.4, -0.2) is 50.5 Å². The van der Waals surface area contributed by atoms with Gasteiger partial charge in [0.25, 0.3) is 0 Å². The molecular formula is C11H25NO2. The molecule has 0 aliphatic rings. The lowest BCUT2D eigenvalue weighted by molar-refractivity contribution is 0.0698. The predicted octanol–water partition coefficient (Wildman–Crippen LogP) is 1.77. The van der Waals surface area contributed by atoms with Crippen molar-refractivity contribution in [2.75, 3.05) is 39.5 Å². The minimum absolute atomic E-state index is 0.566. The maximum Gasteiger partial charge on any atom is 0.0593 e. The van der Waals surface area contributed by atoms with E-state index in [1.54, 1.807) is 0 Å². The van der Waals surface area contributed by atoms with Crippen LogP contribution in [0.25, 0.3) is 0 Å². The van der Waals surface area contributed by atoms with Crippen LogP contribution in [0.5, 0.6) is 0 Å². The van der Waals surface area contributed by atoms with E-state index < -0.39 is 0 Å². The second kappa shape index (κ2) is 9.44. The van der Waals surface area contributed by atoms with Crippen LogP contribution in [0.2, 0.25) is 0 Å². The Labute approximate surface area is 88.4 Å². The Balaban J connectivity index is 3.55. The Kier molecular flexibility index (Phi) is 9.35. The first-order valence-electron chi connectivity index (χ1n) is 5.61. The summed E-state index contributed by atoms with van der Waals surface area (Å²) in [7, 11) is 0. The number of rotatable bonds is 9. The summed E-state index contributed by atoms with van der Waals surface area (Å²) in [5, 5.41) is 0. The minimum atomic E-state index is 0.566.